The van der Waals surface area contributed by atoms with Crippen LogP contribution in [0.3, 0.4) is 0 Å². The molecule has 2 aromatic carbocycles. The summed E-state index contributed by atoms with van der Waals surface area (Å²) in [5.41, 5.74) is 1.43. The summed E-state index contributed by atoms with van der Waals surface area (Å²) >= 11 is 0. The largest absolute Gasteiger partial charge is 0.478 e. The van der Waals surface area contributed by atoms with Gasteiger partial charge in [0.05, 0.1) is 0 Å². The molecule has 26 heavy (non-hydrogen) atoms. The highest BCUT2D eigenvalue weighted by Gasteiger charge is 2.29. The first-order valence-electron chi connectivity index (χ1n) is 8.34. The van der Waals surface area contributed by atoms with E-state index in [2.05, 4.69) is 11.9 Å². The number of carboxylic acids is 1. The highest BCUT2D eigenvalue weighted by atomic mass is 16.5. The average molecular weight is 353 g/mol. The van der Waals surface area contributed by atoms with E-state index in [4.69, 9.17) is 9.84 Å². The first kappa shape index (κ1) is 19.2. The second-order valence-electron chi connectivity index (χ2n) is 6.44. The van der Waals surface area contributed by atoms with Crippen LogP contribution in [0.1, 0.15) is 31.4 Å². The predicted octanol–water partition coefficient (Wildman–Crippen LogP) is 4.14. The molecule has 0 bridgehead atoms. The molecule has 0 aliphatic rings. The highest BCUT2D eigenvalue weighted by molar-refractivity contribution is 5.90. The molecule has 0 saturated carbocycles. The van der Waals surface area contributed by atoms with Crippen molar-refractivity contribution >= 4 is 23.6 Å². The van der Waals surface area contributed by atoms with Gasteiger partial charge in [0, 0.05) is 12.1 Å². The average Bonchev–Trinajstić information content (AvgIpc) is 2.61. The summed E-state index contributed by atoms with van der Waals surface area (Å²) in [7, 11) is 0. The summed E-state index contributed by atoms with van der Waals surface area (Å²) in [6, 6.07) is 14.5. The van der Waals surface area contributed by atoms with Crippen molar-refractivity contribution in [1.82, 2.24) is 0 Å². The summed E-state index contributed by atoms with van der Waals surface area (Å²) in [6.07, 6.45) is 2.68. The van der Waals surface area contributed by atoms with Gasteiger partial charge in [0.15, 0.2) is 5.60 Å². The Kier molecular flexibility index (Phi) is 6.17. The second-order valence-corrected chi connectivity index (χ2v) is 6.44. The smallest absolute Gasteiger partial charge is 0.347 e. The number of rotatable bonds is 8. The molecule has 0 unspecified atom stereocenters. The van der Waals surface area contributed by atoms with E-state index in [1.54, 1.807) is 18.2 Å². The van der Waals surface area contributed by atoms with Crippen LogP contribution >= 0.6 is 0 Å². The minimum Gasteiger partial charge on any atom is -0.478 e. The van der Waals surface area contributed by atoms with Gasteiger partial charge in [-0.15, -0.1) is 0 Å². The molecule has 0 aromatic heterocycles. The molecular formula is C21H23NO4. The molecule has 0 radical (unpaired) electrons. The molecule has 0 aliphatic carbocycles. The SMILES string of the molecule is C=Cc1ccc(NC(=O)CCc2ccc(OC(C)(C)C(=O)O)cc2)cc1. The van der Waals surface area contributed by atoms with Crippen molar-refractivity contribution in [3.05, 3.63) is 66.2 Å². The summed E-state index contributed by atoms with van der Waals surface area (Å²) in [5.74, 6) is -0.615. The number of hydrogen-bond donors (Lipinski definition) is 2. The van der Waals surface area contributed by atoms with E-state index in [0.29, 0.717) is 18.6 Å². The Morgan fingerprint density at radius 3 is 2.27 bits per heavy atom. The Bertz CT molecular complexity index is 777. The van der Waals surface area contributed by atoms with Crippen molar-refractivity contribution in [3.63, 3.8) is 0 Å². The van der Waals surface area contributed by atoms with Crippen molar-refractivity contribution in [2.45, 2.75) is 32.3 Å². The zero-order valence-electron chi connectivity index (χ0n) is 15.0. The van der Waals surface area contributed by atoms with Crippen molar-refractivity contribution in [3.8, 4) is 5.75 Å². The minimum absolute atomic E-state index is 0.0660. The molecule has 136 valence electrons. The maximum absolute atomic E-state index is 12.0. The molecule has 0 spiro atoms. The van der Waals surface area contributed by atoms with Gasteiger partial charge in [-0.3, -0.25) is 4.79 Å². The Hall–Kier alpha value is -3.08. The van der Waals surface area contributed by atoms with E-state index in [-0.39, 0.29) is 5.91 Å². The topological polar surface area (TPSA) is 75.6 Å². The summed E-state index contributed by atoms with van der Waals surface area (Å²) in [4.78, 5) is 23.1. The van der Waals surface area contributed by atoms with Crippen molar-refractivity contribution in [2.75, 3.05) is 5.32 Å². The number of aryl methyl sites for hydroxylation is 1. The van der Waals surface area contributed by atoms with Gasteiger partial charge in [-0.2, -0.15) is 0 Å². The number of amides is 1. The summed E-state index contributed by atoms with van der Waals surface area (Å²) < 4.78 is 5.46. The first-order chi connectivity index (χ1) is 12.3. The number of ether oxygens (including phenoxy) is 1. The molecule has 0 fully saturated rings. The van der Waals surface area contributed by atoms with Crippen LogP contribution in [0.25, 0.3) is 6.08 Å². The lowest BCUT2D eigenvalue weighted by molar-refractivity contribution is -0.152. The number of carboxylic acid groups (broad SMARTS) is 1. The van der Waals surface area contributed by atoms with Crippen LogP contribution in [0.4, 0.5) is 5.69 Å². The molecule has 0 saturated heterocycles. The van der Waals surface area contributed by atoms with Crippen molar-refractivity contribution in [1.29, 1.82) is 0 Å². The van der Waals surface area contributed by atoms with Crippen molar-refractivity contribution < 1.29 is 19.4 Å². The van der Waals surface area contributed by atoms with Gasteiger partial charge in [-0.05, 0) is 55.7 Å². The molecular weight excluding hydrogens is 330 g/mol. The van der Waals surface area contributed by atoms with E-state index in [0.717, 1.165) is 16.8 Å². The van der Waals surface area contributed by atoms with Crippen LogP contribution < -0.4 is 10.1 Å². The van der Waals surface area contributed by atoms with Gasteiger partial charge >= 0.3 is 5.97 Å². The fraction of sp³-hybridized carbons (Fsp3) is 0.238. The Balaban J connectivity index is 1.85. The number of carbonyl (C=O) groups excluding carboxylic acids is 1. The van der Waals surface area contributed by atoms with Crippen LogP contribution in [-0.2, 0) is 16.0 Å². The molecule has 2 aromatic rings. The molecule has 5 nitrogen and oxygen atoms in total. The van der Waals surface area contributed by atoms with Crippen LogP contribution in [0.5, 0.6) is 5.75 Å². The number of hydrogen-bond acceptors (Lipinski definition) is 3. The van der Waals surface area contributed by atoms with Gasteiger partial charge in [0.25, 0.3) is 0 Å². The van der Waals surface area contributed by atoms with E-state index < -0.39 is 11.6 Å². The predicted molar refractivity (Wildman–Crippen MR) is 102 cm³/mol. The van der Waals surface area contributed by atoms with Gasteiger partial charge in [0.1, 0.15) is 5.75 Å². The first-order valence-corrected chi connectivity index (χ1v) is 8.34. The number of anilines is 1. The third kappa shape index (κ3) is 5.48. The fourth-order valence-corrected chi connectivity index (χ4v) is 2.25. The number of benzene rings is 2. The summed E-state index contributed by atoms with van der Waals surface area (Å²) in [6.45, 7) is 6.68. The Labute approximate surface area is 153 Å². The second kappa shape index (κ2) is 8.34. The summed E-state index contributed by atoms with van der Waals surface area (Å²) in [5, 5.41) is 11.9. The molecule has 0 aliphatic heterocycles. The zero-order chi connectivity index (χ0) is 19.2. The lowest BCUT2D eigenvalue weighted by Crippen LogP contribution is -2.37. The maximum Gasteiger partial charge on any atom is 0.347 e. The molecule has 2 rings (SSSR count). The monoisotopic (exact) mass is 353 g/mol. The fourth-order valence-electron chi connectivity index (χ4n) is 2.25. The number of nitrogens with one attached hydrogen (secondary N) is 1. The Morgan fingerprint density at radius 2 is 1.73 bits per heavy atom. The van der Waals surface area contributed by atoms with Crippen LogP contribution in [-0.4, -0.2) is 22.6 Å². The standard InChI is InChI=1S/C21H23NO4/c1-4-15-5-10-17(11-6-15)22-19(23)14-9-16-7-12-18(13-8-16)26-21(2,3)20(24)25/h4-8,10-13H,1,9,14H2,2-3H3,(H,22,23)(H,24,25). The van der Waals surface area contributed by atoms with E-state index in [9.17, 15) is 9.59 Å². The minimum atomic E-state index is -1.29. The van der Waals surface area contributed by atoms with Crippen LogP contribution in [0.15, 0.2) is 55.1 Å². The van der Waals surface area contributed by atoms with Crippen LogP contribution in [0.2, 0.25) is 0 Å². The lowest BCUT2D eigenvalue weighted by atomic mass is 10.1. The zero-order valence-corrected chi connectivity index (χ0v) is 15.0. The van der Waals surface area contributed by atoms with Gasteiger partial charge < -0.3 is 15.2 Å². The molecule has 5 heteroatoms. The van der Waals surface area contributed by atoms with E-state index >= 15 is 0 Å². The third-order valence-corrected chi connectivity index (χ3v) is 3.88. The molecule has 2 N–H and O–H groups in total. The number of carbonyl (C=O) groups is 2. The lowest BCUT2D eigenvalue weighted by Gasteiger charge is -2.21. The van der Waals surface area contributed by atoms with E-state index in [1.165, 1.54) is 13.8 Å². The highest BCUT2D eigenvalue weighted by Crippen LogP contribution is 2.20. The molecule has 1 amide bonds. The maximum atomic E-state index is 12.0. The Morgan fingerprint density at radius 1 is 1.12 bits per heavy atom. The third-order valence-electron chi connectivity index (χ3n) is 3.88. The molecule has 0 heterocycles. The normalized spacial score (nSPS) is 10.8. The quantitative estimate of drug-likeness (QED) is 0.748. The number of aliphatic carboxylic acids is 1. The van der Waals surface area contributed by atoms with Crippen molar-refractivity contribution in [2.24, 2.45) is 0 Å². The van der Waals surface area contributed by atoms with Crippen LogP contribution in [0, 0.1) is 0 Å². The van der Waals surface area contributed by atoms with E-state index in [1.807, 2.05) is 36.4 Å². The van der Waals surface area contributed by atoms with Gasteiger partial charge in [-0.1, -0.05) is 36.9 Å². The van der Waals surface area contributed by atoms with Gasteiger partial charge in [-0.25, -0.2) is 4.79 Å². The molecule has 0 atom stereocenters. The van der Waals surface area contributed by atoms with Gasteiger partial charge in [0.2, 0.25) is 5.91 Å².